The van der Waals surface area contributed by atoms with E-state index in [0.717, 1.165) is 12.8 Å². The fourth-order valence-electron chi connectivity index (χ4n) is 2.06. The average molecular weight is 211 g/mol. The van der Waals surface area contributed by atoms with Crippen LogP contribution in [0.1, 0.15) is 38.5 Å². The zero-order valence-electron chi connectivity index (χ0n) is 9.78. The first-order valence-electron chi connectivity index (χ1n) is 6.27. The Kier molecular flexibility index (Phi) is 4.42. The molecule has 0 amide bonds. The highest BCUT2D eigenvalue weighted by Gasteiger charge is 2.03. The third-order valence-electron chi connectivity index (χ3n) is 2.98. The molecule has 16 heavy (non-hydrogen) atoms. The molecule has 0 unspecified atom stereocenters. The van der Waals surface area contributed by atoms with Crippen molar-refractivity contribution in [1.82, 2.24) is 0 Å². The van der Waals surface area contributed by atoms with Gasteiger partial charge in [-0.15, -0.1) is 0 Å². The Labute approximate surface area is 98.8 Å². The smallest absolute Gasteiger partial charge is 0.0189 e. The Morgan fingerprint density at radius 1 is 0.938 bits per heavy atom. The third kappa shape index (κ3) is 3.37. The van der Waals surface area contributed by atoms with E-state index in [4.69, 9.17) is 0 Å². The van der Waals surface area contributed by atoms with Gasteiger partial charge in [-0.1, -0.05) is 42.5 Å². The van der Waals surface area contributed by atoms with Gasteiger partial charge in [0.05, 0.1) is 0 Å². The Morgan fingerprint density at radius 2 is 1.88 bits per heavy atom. The summed E-state index contributed by atoms with van der Waals surface area (Å²) < 4.78 is 0. The second-order valence-electron chi connectivity index (χ2n) is 4.28. The van der Waals surface area contributed by atoms with Gasteiger partial charge in [-0.3, -0.25) is 0 Å². The van der Waals surface area contributed by atoms with Crippen LogP contribution in [0.25, 0.3) is 0 Å². The van der Waals surface area contributed by atoms with Crippen LogP contribution in [0.2, 0.25) is 0 Å². The van der Waals surface area contributed by atoms with Gasteiger partial charge in [-0.25, -0.2) is 0 Å². The Balaban J connectivity index is 2.17. The molecule has 0 aromatic carbocycles. The van der Waals surface area contributed by atoms with Crippen LogP contribution in [0.3, 0.4) is 0 Å². The van der Waals surface area contributed by atoms with E-state index in [0.29, 0.717) is 0 Å². The largest absolute Gasteiger partial charge is 0.0845 e. The number of allylic oxidation sites excluding steroid dienone is 10. The predicted octanol–water partition coefficient (Wildman–Crippen LogP) is 4.68. The van der Waals surface area contributed by atoms with Crippen LogP contribution in [-0.2, 0) is 0 Å². The summed E-state index contributed by atoms with van der Waals surface area (Å²) in [4.78, 5) is 0. The molecule has 2 aliphatic rings. The maximum atomic E-state index is 3.52. The molecule has 0 saturated heterocycles. The van der Waals surface area contributed by atoms with E-state index in [1.54, 1.807) is 0 Å². The standard InChI is InChI=1S/C16H19/c1-3-7-11-15(12-8-4-1)16-13-9-5-2-6-10-14-16/h1,3,5,7,9,11,13H,2,4,6,8,10,14H2/b3-1-,9-5-,11-7-,15-12?,16-13-. The van der Waals surface area contributed by atoms with Crippen molar-refractivity contribution >= 4 is 0 Å². The molecule has 1 radical (unpaired) electrons. The molecule has 0 atom stereocenters. The van der Waals surface area contributed by atoms with Gasteiger partial charge in [0.1, 0.15) is 0 Å². The Hall–Kier alpha value is -1.30. The highest BCUT2D eigenvalue weighted by Crippen LogP contribution is 2.22. The minimum Gasteiger partial charge on any atom is -0.0845 e. The molecule has 0 heterocycles. The second kappa shape index (κ2) is 6.32. The van der Waals surface area contributed by atoms with E-state index in [1.165, 1.54) is 36.8 Å². The highest BCUT2D eigenvalue weighted by molar-refractivity contribution is 5.41. The van der Waals surface area contributed by atoms with Crippen LogP contribution >= 0.6 is 0 Å². The van der Waals surface area contributed by atoms with Crippen molar-refractivity contribution in [1.29, 1.82) is 0 Å². The fourth-order valence-corrected chi connectivity index (χ4v) is 2.06. The number of hydrogen-bond donors (Lipinski definition) is 0. The van der Waals surface area contributed by atoms with Gasteiger partial charge in [-0.2, -0.15) is 0 Å². The molecule has 0 aliphatic heterocycles. The summed E-state index contributed by atoms with van der Waals surface area (Å²) in [6.07, 6.45) is 26.1. The molecule has 0 nitrogen and oxygen atoms in total. The summed E-state index contributed by atoms with van der Waals surface area (Å²) in [5, 5.41) is 0. The first-order chi connectivity index (χ1) is 7.97. The van der Waals surface area contributed by atoms with Gasteiger partial charge >= 0.3 is 0 Å². The van der Waals surface area contributed by atoms with E-state index in [2.05, 4.69) is 48.6 Å². The molecule has 2 rings (SSSR count). The first kappa shape index (κ1) is 11.2. The summed E-state index contributed by atoms with van der Waals surface area (Å²) in [6.45, 7) is 0. The topological polar surface area (TPSA) is 0 Å². The quantitative estimate of drug-likeness (QED) is 0.591. The van der Waals surface area contributed by atoms with E-state index in [-0.39, 0.29) is 0 Å². The van der Waals surface area contributed by atoms with Gasteiger partial charge in [-0.05, 0) is 55.7 Å². The molecule has 0 saturated carbocycles. The zero-order valence-corrected chi connectivity index (χ0v) is 9.78. The summed E-state index contributed by atoms with van der Waals surface area (Å²) in [6, 6.07) is 0. The van der Waals surface area contributed by atoms with Crippen molar-refractivity contribution in [2.45, 2.75) is 38.5 Å². The van der Waals surface area contributed by atoms with Crippen molar-refractivity contribution in [2.75, 3.05) is 0 Å². The fraction of sp³-hybridized carbons (Fsp3) is 0.375. The van der Waals surface area contributed by atoms with Crippen LogP contribution in [-0.4, -0.2) is 0 Å². The molecule has 0 N–H and O–H groups in total. The van der Waals surface area contributed by atoms with Crippen LogP contribution in [0.5, 0.6) is 0 Å². The van der Waals surface area contributed by atoms with Crippen LogP contribution < -0.4 is 0 Å². The molecule has 0 aromatic heterocycles. The Bertz CT molecular complexity index is 361. The van der Waals surface area contributed by atoms with Gasteiger partial charge in [0, 0.05) is 0 Å². The molecule has 0 aromatic rings. The first-order valence-corrected chi connectivity index (χ1v) is 6.27. The van der Waals surface area contributed by atoms with Gasteiger partial charge in [0.25, 0.3) is 0 Å². The minimum absolute atomic E-state index is 1.04. The molecular formula is C16H19. The lowest BCUT2D eigenvalue weighted by Gasteiger charge is -2.10. The van der Waals surface area contributed by atoms with Gasteiger partial charge < -0.3 is 0 Å². The van der Waals surface area contributed by atoms with Crippen LogP contribution in [0, 0.1) is 6.08 Å². The summed E-state index contributed by atoms with van der Waals surface area (Å²) >= 11 is 0. The summed E-state index contributed by atoms with van der Waals surface area (Å²) in [5.41, 5.74) is 2.75. The molecular weight excluding hydrogens is 192 g/mol. The van der Waals surface area contributed by atoms with Crippen LogP contribution in [0.15, 0.2) is 53.7 Å². The van der Waals surface area contributed by atoms with Crippen LogP contribution in [0.4, 0.5) is 0 Å². The van der Waals surface area contributed by atoms with E-state index in [1.807, 2.05) is 0 Å². The van der Waals surface area contributed by atoms with E-state index >= 15 is 0 Å². The molecule has 2 aliphatic carbocycles. The number of rotatable bonds is 1. The molecule has 0 bridgehead atoms. The van der Waals surface area contributed by atoms with E-state index < -0.39 is 0 Å². The lowest BCUT2D eigenvalue weighted by atomic mass is 9.95. The van der Waals surface area contributed by atoms with Crippen molar-refractivity contribution in [2.24, 2.45) is 0 Å². The molecule has 83 valence electrons. The monoisotopic (exact) mass is 211 g/mol. The zero-order chi connectivity index (χ0) is 11.1. The number of hydrogen-bond acceptors (Lipinski definition) is 0. The summed E-state index contributed by atoms with van der Waals surface area (Å²) in [5.74, 6) is 0. The molecule has 0 spiro atoms. The normalized spacial score (nSPS) is 34.0. The van der Waals surface area contributed by atoms with Crippen molar-refractivity contribution in [3.63, 3.8) is 0 Å². The second-order valence-corrected chi connectivity index (χ2v) is 4.28. The molecule has 0 fully saturated rings. The van der Waals surface area contributed by atoms with E-state index in [9.17, 15) is 0 Å². The SMILES string of the molecule is [C]1=C(/C2=C\C=C/CCCC2)\C=C/C=C\CC/1. The average Bonchev–Trinajstić information content (AvgIpc) is 2.18. The maximum absolute atomic E-state index is 3.52. The summed E-state index contributed by atoms with van der Waals surface area (Å²) in [7, 11) is 0. The lowest BCUT2D eigenvalue weighted by Crippen LogP contribution is -1.92. The van der Waals surface area contributed by atoms with Crippen molar-refractivity contribution < 1.29 is 0 Å². The van der Waals surface area contributed by atoms with Gasteiger partial charge in [0.2, 0.25) is 0 Å². The predicted molar refractivity (Wildman–Crippen MR) is 70.0 cm³/mol. The van der Waals surface area contributed by atoms with Gasteiger partial charge in [0.15, 0.2) is 0 Å². The maximum Gasteiger partial charge on any atom is -0.0189 e. The minimum atomic E-state index is 1.04. The van der Waals surface area contributed by atoms with Crippen molar-refractivity contribution in [3.05, 3.63) is 59.8 Å². The molecule has 0 heteroatoms. The third-order valence-corrected chi connectivity index (χ3v) is 2.98. The highest BCUT2D eigenvalue weighted by atomic mass is 14.1. The lowest BCUT2D eigenvalue weighted by molar-refractivity contribution is 0.741. The van der Waals surface area contributed by atoms with Crippen molar-refractivity contribution in [3.8, 4) is 0 Å². The Morgan fingerprint density at radius 3 is 2.88 bits per heavy atom.